The molecule has 0 aliphatic carbocycles. The van der Waals surface area contributed by atoms with Crippen LogP contribution >= 0.6 is 0 Å². The van der Waals surface area contributed by atoms with Gasteiger partial charge in [-0.05, 0) is 36.4 Å². The van der Waals surface area contributed by atoms with E-state index in [4.69, 9.17) is 10.8 Å². The molecule has 0 aliphatic rings. The first-order valence-electron chi connectivity index (χ1n) is 7.72. The normalized spacial score (nSPS) is 10.9. The molecule has 0 saturated heterocycles. The van der Waals surface area contributed by atoms with Crippen LogP contribution in [-0.2, 0) is 15.6 Å². The fourth-order valence-electron chi connectivity index (χ4n) is 2.44. The fourth-order valence-corrected chi connectivity index (χ4v) is 3.81. The lowest BCUT2D eigenvalue weighted by molar-refractivity contribution is 0.0996. The van der Waals surface area contributed by atoms with Crippen molar-refractivity contribution < 1.29 is 17.6 Å². The lowest BCUT2D eigenvalue weighted by atomic mass is 10.2. The summed E-state index contributed by atoms with van der Waals surface area (Å²) in [5.74, 6) is 1.56. The number of carbonyl (C=O) groups excluding carboxylic acids is 1. The number of carbonyl (C=O) groups is 1. The van der Waals surface area contributed by atoms with E-state index in [1.54, 1.807) is 42.5 Å². The molecular weight excluding hydrogens is 350 g/mol. The standard InChI is InChI=1S/C20H15NO4S/c1-2-15-7-6-8-17(13-15)21-20(22)19-16(11-12-25-19)14-26(23,24)18-9-4-3-5-10-18/h1,3-13H,14H2,(H,21,22). The van der Waals surface area contributed by atoms with Crippen molar-refractivity contribution >= 4 is 21.4 Å². The quantitative estimate of drug-likeness (QED) is 0.702. The number of furan rings is 1. The maximum absolute atomic E-state index is 12.5. The van der Waals surface area contributed by atoms with Crippen molar-refractivity contribution in [3.63, 3.8) is 0 Å². The fraction of sp³-hybridized carbons (Fsp3) is 0.0500. The van der Waals surface area contributed by atoms with Gasteiger partial charge in [0.25, 0.3) is 5.91 Å². The van der Waals surface area contributed by atoms with E-state index >= 15 is 0 Å². The van der Waals surface area contributed by atoms with Gasteiger partial charge in [0, 0.05) is 16.8 Å². The van der Waals surface area contributed by atoms with E-state index < -0.39 is 15.7 Å². The van der Waals surface area contributed by atoms with Crippen LogP contribution < -0.4 is 5.32 Å². The largest absolute Gasteiger partial charge is 0.459 e. The first-order chi connectivity index (χ1) is 12.5. The van der Waals surface area contributed by atoms with Gasteiger partial charge in [-0.15, -0.1) is 6.42 Å². The molecule has 6 heteroatoms. The summed E-state index contributed by atoms with van der Waals surface area (Å²) in [4.78, 5) is 12.7. The van der Waals surface area contributed by atoms with Crippen molar-refractivity contribution in [1.82, 2.24) is 0 Å². The van der Waals surface area contributed by atoms with Crippen LogP contribution in [0.25, 0.3) is 0 Å². The van der Waals surface area contributed by atoms with E-state index in [2.05, 4.69) is 11.2 Å². The summed E-state index contributed by atoms with van der Waals surface area (Å²) in [5.41, 5.74) is 1.41. The van der Waals surface area contributed by atoms with Gasteiger partial charge < -0.3 is 9.73 Å². The predicted octanol–water partition coefficient (Wildman–Crippen LogP) is 3.49. The molecule has 0 unspecified atom stereocenters. The average Bonchev–Trinajstić information content (AvgIpc) is 3.10. The van der Waals surface area contributed by atoms with Crippen LogP contribution in [0.3, 0.4) is 0 Å². The summed E-state index contributed by atoms with van der Waals surface area (Å²) >= 11 is 0. The van der Waals surface area contributed by atoms with Gasteiger partial charge in [-0.25, -0.2) is 8.42 Å². The van der Waals surface area contributed by atoms with Gasteiger partial charge in [-0.2, -0.15) is 0 Å². The molecular formula is C20H15NO4S. The van der Waals surface area contributed by atoms with Crippen molar-refractivity contribution in [1.29, 1.82) is 0 Å². The number of hydrogen-bond donors (Lipinski definition) is 1. The van der Waals surface area contributed by atoms with Crippen molar-refractivity contribution in [2.75, 3.05) is 5.32 Å². The number of anilines is 1. The van der Waals surface area contributed by atoms with E-state index in [1.807, 2.05) is 0 Å². The molecule has 0 atom stereocenters. The van der Waals surface area contributed by atoms with E-state index in [1.165, 1.54) is 24.5 Å². The van der Waals surface area contributed by atoms with Gasteiger partial charge in [0.1, 0.15) is 0 Å². The number of terminal acetylenes is 1. The lowest BCUT2D eigenvalue weighted by Crippen LogP contribution is -2.14. The van der Waals surface area contributed by atoms with Crippen LogP contribution in [0.15, 0.2) is 76.2 Å². The summed E-state index contributed by atoms with van der Waals surface area (Å²) < 4.78 is 30.3. The Hall–Kier alpha value is -3.30. The van der Waals surface area contributed by atoms with Gasteiger partial charge in [0.05, 0.1) is 16.9 Å². The first kappa shape index (κ1) is 17.5. The third-order valence-electron chi connectivity index (χ3n) is 3.69. The van der Waals surface area contributed by atoms with Crippen molar-refractivity contribution in [3.8, 4) is 12.3 Å². The molecule has 1 N–H and O–H groups in total. The minimum Gasteiger partial charge on any atom is -0.459 e. The van der Waals surface area contributed by atoms with Gasteiger partial charge in [0.15, 0.2) is 15.6 Å². The Bertz CT molecular complexity index is 1080. The third-order valence-corrected chi connectivity index (χ3v) is 5.37. The zero-order valence-electron chi connectivity index (χ0n) is 13.7. The van der Waals surface area contributed by atoms with Gasteiger partial charge >= 0.3 is 0 Å². The summed E-state index contributed by atoms with van der Waals surface area (Å²) in [6.07, 6.45) is 6.64. The number of amides is 1. The van der Waals surface area contributed by atoms with Crippen LogP contribution in [0.4, 0.5) is 5.69 Å². The minimum absolute atomic E-state index is 0.0457. The van der Waals surface area contributed by atoms with Crippen molar-refractivity contribution in [2.24, 2.45) is 0 Å². The molecule has 3 aromatic rings. The molecule has 0 aliphatic heterocycles. The Morgan fingerprint density at radius 1 is 1.08 bits per heavy atom. The van der Waals surface area contributed by atoms with Gasteiger partial charge in [-0.1, -0.05) is 30.2 Å². The van der Waals surface area contributed by atoms with Crippen LogP contribution in [-0.4, -0.2) is 14.3 Å². The van der Waals surface area contributed by atoms with E-state index in [-0.39, 0.29) is 16.4 Å². The SMILES string of the molecule is C#Cc1cccc(NC(=O)c2occc2CS(=O)(=O)c2ccccc2)c1. The second-order valence-corrected chi connectivity index (χ2v) is 7.52. The van der Waals surface area contributed by atoms with Crippen LogP contribution in [0, 0.1) is 12.3 Å². The van der Waals surface area contributed by atoms with Crippen LogP contribution in [0.2, 0.25) is 0 Å². The number of nitrogens with one attached hydrogen (secondary N) is 1. The van der Waals surface area contributed by atoms with Crippen molar-refractivity contribution in [2.45, 2.75) is 10.6 Å². The van der Waals surface area contributed by atoms with Gasteiger partial charge in [-0.3, -0.25) is 4.79 Å². The molecule has 1 heterocycles. The van der Waals surface area contributed by atoms with Gasteiger partial charge in [0.2, 0.25) is 0 Å². The highest BCUT2D eigenvalue weighted by Gasteiger charge is 2.22. The second kappa shape index (κ2) is 7.30. The Kier molecular flexibility index (Phi) is 4.92. The summed E-state index contributed by atoms with van der Waals surface area (Å²) in [5, 5.41) is 2.66. The van der Waals surface area contributed by atoms with E-state index in [0.717, 1.165) is 0 Å². The molecule has 5 nitrogen and oxygen atoms in total. The average molecular weight is 365 g/mol. The highest BCUT2D eigenvalue weighted by molar-refractivity contribution is 7.90. The third kappa shape index (κ3) is 3.85. The van der Waals surface area contributed by atoms with Crippen LogP contribution in [0.5, 0.6) is 0 Å². The molecule has 2 aromatic carbocycles. The number of sulfone groups is 1. The van der Waals surface area contributed by atoms with Crippen LogP contribution in [0.1, 0.15) is 21.7 Å². The molecule has 0 bridgehead atoms. The van der Waals surface area contributed by atoms with E-state index in [9.17, 15) is 13.2 Å². The Morgan fingerprint density at radius 2 is 1.85 bits per heavy atom. The Labute approximate surface area is 151 Å². The topological polar surface area (TPSA) is 76.4 Å². The molecule has 130 valence electrons. The zero-order chi connectivity index (χ0) is 18.6. The minimum atomic E-state index is -3.59. The number of hydrogen-bond acceptors (Lipinski definition) is 4. The first-order valence-corrected chi connectivity index (χ1v) is 9.37. The molecule has 1 amide bonds. The smallest absolute Gasteiger partial charge is 0.291 e. The predicted molar refractivity (Wildman–Crippen MR) is 98.4 cm³/mol. The Balaban J connectivity index is 1.82. The summed E-state index contributed by atoms with van der Waals surface area (Å²) in [6.45, 7) is 0. The summed E-state index contributed by atoms with van der Waals surface area (Å²) in [7, 11) is -3.59. The molecule has 26 heavy (non-hydrogen) atoms. The zero-order valence-corrected chi connectivity index (χ0v) is 14.5. The molecule has 0 radical (unpaired) electrons. The lowest BCUT2D eigenvalue weighted by Gasteiger charge is -2.07. The molecule has 1 aromatic heterocycles. The molecule has 0 saturated carbocycles. The Morgan fingerprint density at radius 3 is 2.58 bits per heavy atom. The molecule has 3 rings (SSSR count). The monoisotopic (exact) mass is 365 g/mol. The maximum Gasteiger partial charge on any atom is 0.291 e. The van der Waals surface area contributed by atoms with Crippen molar-refractivity contribution in [3.05, 3.63) is 83.8 Å². The second-order valence-electron chi connectivity index (χ2n) is 5.53. The highest BCUT2D eigenvalue weighted by Crippen LogP contribution is 2.21. The molecule has 0 spiro atoms. The van der Waals surface area contributed by atoms with E-state index in [0.29, 0.717) is 16.8 Å². The maximum atomic E-state index is 12.5. The summed E-state index contributed by atoms with van der Waals surface area (Å²) in [6, 6.07) is 16.3. The highest BCUT2D eigenvalue weighted by atomic mass is 32.2. The molecule has 0 fully saturated rings. The number of benzene rings is 2. The number of rotatable bonds is 5.